The number of halogens is 2. The topological polar surface area (TPSA) is 126 Å². The van der Waals surface area contributed by atoms with Crippen LogP contribution in [0.2, 0.25) is 0 Å². The van der Waals surface area contributed by atoms with Gasteiger partial charge < -0.3 is 29.9 Å². The number of hydrogen-bond donors (Lipinski definition) is 2. The van der Waals surface area contributed by atoms with Crippen molar-refractivity contribution in [3.63, 3.8) is 0 Å². The predicted octanol–water partition coefficient (Wildman–Crippen LogP) is 4.05. The van der Waals surface area contributed by atoms with E-state index >= 15 is 0 Å². The van der Waals surface area contributed by atoms with E-state index in [4.69, 9.17) is 9.47 Å². The fraction of sp³-hybridized carbons (Fsp3) is 0.345. The molecule has 42 heavy (non-hydrogen) atoms. The van der Waals surface area contributed by atoms with Gasteiger partial charge in [0.05, 0.1) is 29.6 Å². The molecule has 0 saturated carbocycles. The van der Waals surface area contributed by atoms with Gasteiger partial charge in [0.15, 0.2) is 0 Å². The third-order valence-electron chi connectivity index (χ3n) is 6.92. The number of nitrogens with zero attached hydrogens (tertiary/aromatic N) is 4. The van der Waals surface area contributed by atoms with E-state index in [0.29, 0.717) is 6.54 Å². The number of urea groups is 1. The van der Waals surface area contributed by atoms with Gasteiger partial charge >= 0.3 is 6.03 Å². The largest absolute Gasteiger partial charge is 0.491 e. The Morgan fingerprint density at radius 2 is 1.86 bits per heavy atom. The van der Waals surface area contributed by atoms with Gasteiger partial charge in [-0.05, 0) is 37.3 Å². The molecule has 3 aromatic rings. The van der Waals surface area contributed by atoms with E-state index in [1.165, 1.54) is 41.7 Å². The van der Waals surface area contributed by atoms with Crippen LogP contribution in [0.3, 0.4) is 0 Å². The van der Waals surface area contributed by atoms with Crippen LogP contribution in [0.1, 0.15) is 34.7 Å². The van der Waals surface area contributed by atoms with Crippen LogP contribution in [0, 0.1) is 17.6 Å². The summed E-state index contributed by atoms with van der Waals surface area (Å²) in [5, 5.41) is 4.78. The summed E-state index contributed by atoms with van der Waals surface area (Å²) in [5.41, 5.74) is 0.212. The molecular formula is C29H32F2N6O5. The van der Waals surface area contributed by atoms with E-state index < -0.39 is 29.8 Å². The van der Waals surface area contributed by atoms with Crippen molar-refractivity contribution in [2.24, 2.45) is 5.92 Å². The molecule has 2 heterocycles. The Bertz CT molecular complexity index is 1440. The number of ether oxygens (including phenoxy) is 2. The van der Waals surface area contributed by atoms with E-state index in [9.17, 15) is 23.2 Å². The molecule has 0 spiro atoms. The number of carbonyl (C=O) groups is 3. The number of likely N-dealkylation sites (N-methyl/N-ethyl adjacent to an activating group) is 1. The summed E-state index contributed by atoms with van der Waals surface area (Å²) in [4.78, 5) is 50.8. The van der Waals surface area contributed by atoms with Crippen molar-refractivity contribution in [1.82, 2.24) is 19.8 Å². The Hall–Kier alpha value is -4.65. The maximum Gasteiger partial charge on any atom is 0.323 e. The first-order valence-electron chi connectivity index (χ1n) is 13.2. The first kappa shape index (κ1) is 30.3. The van der Waals surface area contributed by atoms with Gasteiger partial charge in [-0.15, -0.1) is 0 Å². The Kier molecular flexibility index (Phi) is 9.63. The van der Waals surface area contributed by atoms with E-state index in [-0.39, 0.29) is 59.3 Å². The monoisotopic (exact) mass is 582 g/mol. The second-order valence-corrected chi connectivity index (χ2v) is 10.1. The molecule has 2 N–H and O–H groups in total. The summed E-state index contributed by atoms with van der Waals surface area (Å²) in [6.45, 7) is 4.32. The van der Waals surface area contributed by atoms with Crippen LogP contribution in [0.5, 0.6) is 5.75 Å². The van der Waals surface area contributed by atoms with Crippen molar-refractivity contribution in [1.29, 1.82) is 0 Å². The lowest BCUT2D eigenvalue weighted by Gasteiger charge is -2.35. The molecule has 1 aliphatic heterocycles. The number of fused-ring (bicyclic) bond motifs is 1. The van der Waals surface area contributed by atoms with Crippen molar-refractivity contribution >= 4 is 29.2 Å². The van der Waals surface area contributed by atoms with Gasteiger partial charge in [-0.25, -0.2) is 18.6 Å². The Labute approximate surface area is 241 Å². The average molecular weight is 583 g/mol. The van der Waals surface area contributed by atoms with Crippen molar-refractivity contribution in [3.8, 4) is 5.75 Å². The second kappa shape index (κ2) is 13.3. The molecule has 1 aliphatic rings. The van der Waals surface area contributed by atoms with Crippen molar-refractivity contribution < 1.29 is 32.6 Å². The maximum absolute atomic E-state index is 14.0. The Balaban J connectivity index is 1.61. The van der Waals surface area contributed by atoms with E-state index in [1.54, 1.807) is 19.1 Å². The zero-order valence-corrected chi connectivity index (χ0v) is 23.6. The molecule has 0 bridgehead atoms. The molecule has 222 valence electrons. The molecule has 0 saturated heterocycles. The summed E-state index contributed by atoms with van der Waals surface area (Å²) in [5.74, 6) is -2.17. The van der Waals surface area contributed by atoms with Gasteiger partial charge in [-0.1, -0.05) is 6.92 Å². The van der Waals surface area contributed by atoms with Crippen LogP contribution in [0.25, 0.3) is 0 Å². The highest BCUT2D eigenvalue weighted by Gasteiger charge is 2.31. The van der Waals surface area contributed by atoms with E-state index in [0.717, 1.165) is 18.2 Å². The molecule has 1 aromatic heterocycles. The van der Waals surface area contributed by atoms with Gasteiger partial charge in [-0.3, -0.25) is 14.6 Å². The normalized spacial score (nSPS) is 19.6. The van der Waals surface area contributed by atoms with E-state index in [1.807, 2.05) is 13.8 Å². The minimum atomic E-state index is -0.839. The quantitative estimate of drug-likeness (QED) is 0.476. The van der Waals surface area contributed by atoms with Crippen LogP contribution < -0.4 is 15.4 Å². The van der Waals surface area contributed by atoms with E-state index in [2.05, 4.69) is 20.6 Å². The molecule has 11 nitrogen and oxygen atoms in total. The van der Waals surface area contributed by atoms with Gasteiger partial charge in [0, 0.05) is 57.3 Å². The van der Waals surface area contributed by atoms with Crippen LogP contribution >= 0.6 is 0 Å². The molecular weight excluding hydrogens is 550 g/mol. The number of methoxy groups -OCH3 is 1. The lowest BCUT2D eigenvalue weighted by Crippen LogP contribution is -2.48. The van der Waals surface area contributed by atoms with Crippen LogP contribution in [0.4, 0.5) is 25.0 Å². The lowest BCUT2D eigenvalue weighted by atomic mass is 10.0. The average Bonchev–Trinajstić information content (AvgIpc) is 2.98. The molecule has 4 amide bonds. The lowest BCUT2D eigenvalue weighted by molar-refractivity contribution is 0.0109. The van der Waals surface area contributed by atoms with Gasteiger partial charge in [-0.2, -0.15) is 0 Å². The highest BCUT2D eigenvalue weighted by atomic mass is 19.1. The molecule has 0 aliphatic carbocycles. The first-order valence-corrected chi connectivity index (χ1v) is 13.2. The molecule has 2 aromatic carbocycles. The zero-order chi connectivity index (χ0) is 30.4. The highest BCUT2D eigenvalue weighted by molar-refractivity contribution is 6.02. The summed E-state index contributed by atoms with van der Waals surface area (Å²) >= 11 is 0. The standard InChI is InChI=1S/C29H32F2N6O5/c1-17-14-37(28(39)24-13-32-9-10-33-24)18(2)16-42-25-8-6-20(12-21(25)27(38)36(3)15-26(17)41-4)34-29(40)35-23-11-19(30)5-7-22(23)31/h5-13,17-18,26H,14-16H2,1-4H3,(H2,34,35,40)/t17-,18-,26-/m1/s1. The van der Waals surface area contributed by atoms with Crippen molar-refractivity contribution in [3.05, 3.63) is 77.9 Å². The molecule has 0 radical (unpaired) electrons. The summed E-state index contributed by atoms with van der Waals surface area (Å²) in [6.07, 6.45) is 3.92. The predicted molar refractivity (Wildman–Crippen MR) is 150 cm³/mol. The number of anilines is 2. The molecule has 0 unspecified atom stereocenters. The molecule has 13 heteroatoms. The minimum absolute atomic E-state index is 0.0481. The van der Waals surface area contributed by atoms with Crippen molar-refractivity contribution in [2.45, 2.75) is 26.0 Å². The number of hydrogen-bond acceptors (Lipinski definition) is 7. The second-order valence-electron chi connectivity index (χ2n) is 10.1. The smallest absolute Gasteiger partial charge is 0.323 e. The number of nitrogens with one attached hydrogen (secondary N) is 2. The summed E-state index contributed by atoms with van der Waals surface area (Å²) in [7, 11) is 3.16. The number of rotatable bonds is 4. The molecule has 4 rings (SSSR count). The number of amides is 4. The Morgan fingerprint density at radius 3 is 2.57 bits per heavy atom. The molecule has 3 atom stereocenters. The fourth-order valence-corrected chi connectivity index (χ4v) is 4.57. The van der Waals surface area contributed by atoms with Crippen LogP contribution in [-0.4, -0.2) is 83.6 Å². The minimum Gasteiger partial charge on any atom is -0.491 e. The van der Waals surface area contributed by atoms with Gasteiger partial charge in [0.25, 0.3) is 11.8 Å². The summed E-state index contributed by atoms with van der Waals surface area (Å²) < 4.78 is 39.3. The van der Waals surface area contributed by atoms with Crippen molar-refractivity contribution in [2.75, 3.05) is 44.5 Å². The zero-order valence-electron chi connectivity index (χ0n) is 23.6. The SMILES string of the molecule is CO[C@@H]1CN(C)C(=O)c2cc(NC(=O)Nc3cc(F)ccc3F)ccc2OC[C@@H](C)N(C(=O)c2cnccn2)C[C@H]1C. The van der Waals surface area contributed by atoms with Gasteiger partial charge in [0.2, 0.25) is 0 Å². The number of carbonyl (C=O) groups excluding carboxylic acids is 3. The highest BCUT2D eigenvalue weighted by Crippen LogP contribution is 2.27. The van der Waals surface area contributed by atoms with Gasteiger partial charge in [0.1, 0.15) is 29.7 Å². The maximum atomic E-state index is 14.0. The molecule has 0 fully saturated rings. The first-order chi connectivity index (χ1) is 20.1. The third-order valence-corrected chi connectivity index (χ3v) is 6.92. The number of benzene rings is 2. The van der Waals surface area contributed by atoms with Crippen LogP contribution in [0.15, 0.2) is 55.0 Å². The number of aromatic nitrogens is 2. The van der Waals surface area contributed by atoms with Crippen LogP contribution in [-0.2, 0) is 4.74 Å². The fourth-order valence-electron chi connectivity index (χ4n) is 4.57. The third kappa shape index (κ3) is 7.16. The Morgan fingerprint density at radius 1 is 1.07 bits per heavy atom. The summed E-state index contributed by atoms with van der Waals surface area (Å²) in [6, 6.07) is 5.88.